The molecule has 0 aromatic rings. The number of hydrogen-bond donors (Lipinski definition) is 0. The highest BCUT2D eigenvalue weighted by molar-refractivity contribution is 4.82. The van der Waals surface area contributed by atoms with E-state index in [1.807, 2.05) is 0 Å². The maximum Gasteiger partial charge on any atom is 0.248 e. The van der Waals surface area contributed by atoms with E-state index in [0.717, 1.165) is 26.2 Å². The molecule has 2 heteroatoms. The SMILES string of the molecule is CCC1CC(C)CC(C(C)(F)F)C1. The van der Waals surface area contributed by atoms with Crippen LogP contribution in [0.5, 0.6) is 0 Å². The van der Waals surface area contributed by atoms with Gasteiger partial charge in [-0.1, -0.05) is 20.3 Å². The van der Waals surface area contributed by atoms with Crippen LogP contribution in [0.3, 0.4) is 0 Å². The molecule has 0 amide bonds. The van der Waals surface area contributed by atoms with Crippen LogP contribution in [0, 0.1) is 17.8 Å². The number of hydrogen-bond acceptors (Lipinski definition) is 0. The quantitative estimate of drug-likeness (QED) is 0.615. The molecule has 1 aliphatic rings. The molecule has 1 fully saturated rings. The zero-order valence-corrected chi connectivity index (χ0v) is 8.82. The normalized spacial score (nSPS) is 36.2. The summed E-state index contributed by atoms with van der Waals surface area (Å²) < 4.78 is 26.2. The van der Waals surface area contributed by atoms with Gasteiger partial charge in [-0.2, -0.15) is 0 Å². The molecule has 78 valence electrons. The first-order valence-electron chi connectivity index (χ1n) is 5.31. The summed E-state index contributed by atoms with van der Waals surface area (Å²) in [6.45, 7) is 5.27. The standard InChI is InChI=1S/C11H20F2/c1-4-9-5-8(2)6-10(7-9)11(3,12)13/h8-10H,4-7H2,1-3H3. The van der Waals surface area contributed by atoms with Crippen molar-refractivity contribution in [3.05, 3.63) is 0 Å². The van der Waals surface area contributed by atoms with Crippen LogP contribution in [0.4, 0.5) is 8.78 Å². The van der Waals surface area contributed by atoms with Gasteiger partial charge in [0.05, 0.1) is 0 Å². The van der Waals surface area contributed by atoms with Crippen LogP contribution in [0.25, 0.3) is 0 Å². The largest absolute Gasteiger partial charge is 0.248 e. The molecule has 0 saturated heterocycles. The Morgan fingerprint density at radius 3 is 2.31 bits per heavy atom. The third kappa shape index (κ3) is 2.92. The number of rotatable bonds is 2. The second-order valence-corrected chi connectivity index (χ2v) is 4.74. The molecule has 3 unspecified atom stereocenters. The molecule has 13 heavy (non-hydrogen) atoms. The smallest absolute Gasteiger partial charge is 0.207 e. The van der Waals surface area contributed by atoms with Gasteiger partial charge in [0, 0.05) is 5.92 Å². The lowest BCUT2D eigenvalue weighted by molar-refractivity contribution is -0.0692. The van der Waals surface area contributed by atoms with Crippen LogP contribution in [0.1, 0.15) is 46.5 Å². The van der Waals surface area contributed by atoms with Gasteiger partial charge in [0.2, 0.25) is 5.92 Å². The van der Waals surface area contributed by atoms with Crippen LogP contribution in [-0.4, -0.2) is 5.92 Å². The Morgan fingerprint density at radius 2 is 1.85 bits per heavy atom. The van der Waals surface area contributed by atoms with Gasteiger partial charge in [-0.15, -0.1) is 0 Å². The Morgan fingerprint density at radius 1 is 1.23 bits per heavy atom. The molecule has 0 N–H and O–H groups in total. The maximum atomic E-state index is 13.1. The van der Waals surface area contributed by atoms with Crippen LogP contribution in [-0.2, 0) is 0 Å². The van der Waals surface area contributed by atoms with Crippen molar-refractivity contribution in [2.45, 2.75) is 52.4 Å². The minimum Gasteiger partial charge on any atom is -0.207 e. The third-order valence-corrected chi connectivity index (χ3v) is 3.33. The van der Waals surface area contributed by atoms with E-state index in [2.05, 4.69) is 13.8 Å². The van der Waals surface area contributed by atoms with Gasteiger partial charge in [-0.05, 0) is 38.0 Å². The lowest BCUT2D eigenvalue weighted by atomic mass is 9.73. The Hall–Kier alpha value is -0.140. The highest BCUT2D eigenvalue weighted by Crippen LogP contribution is 2.42. The molecule has 0 radical (unpaired) electrons. The molecular formula is C11H20F2. The van der Waals surface area contributed by atoms with Crippen LogP contribution in [0.15, 0.2) is 0 Å². The fraction of sp³-hybridized carbons (Fsp3) is 1.00. The summed E-state index contributed by atoms with van der Waals surface area (Å²) in [6, 6.07) is 0. The van der Waals surface area contributed by atoms with E-state index in [9.17, 15) is 8.78 Å². The van der Waals surface area contributed by atoms with Gasteiger partial charge >= 0.3 is 0 Å². The van der Waals surface area contributed by atoms with Crippen molar-refractivity contribution < 1.29 is 8.78 Å². The molecule has 0 heterocycles. The molecule has 1 saturated carbocycles. The average molecular weight is 190 g/mol. The molecule has 1 rings (SSSR count). The van der Waals surface area contributed by atoms with Crippen molar-refractivity contribution in [3.63, 3.8) is 0 Å². The van der Waals surface area contributed by atoms with Crippen molar-refractivity contribution >= 4 is 0 Å². The van der Waals surface area contributed by atoms with Gasteiger partial charge < -0.3 is 0 Å². The molecular weight excluding hydrogens is 170 g/mol. The summed E-state index contributed by atoms with van der Waals surface area (Å²) in [5.74, 6) is -1.84. The second kappa shape index (κ2) is 3.93. The van der Waals surface area contributed by atoms with E-state index < -0.39 is 5.92 Å². The van der Waals surface area contributed by atoms with Gasteiger partial charge in [0.25, 0.3) is 0 Å². The maximum absolute atomic E-state index is 13.1. The zero-order valence-electron chi connectivity index (χ0n) is 8.82. The number of halogens is 2. The highest BCUT2D eigenvalue weighted by Gasteiger charge is 2.39. The van der Waals surface area contributed by atoms with E-state index in [4.69, 9.17) is 0 Å². The predicted molar refractivity (Wildman–Crippen MR) is 50.9 cm³/mol. The first kappa shape index (κ1) is 10.9. The Bertz CT molecular complexity index is 160. The first-order valence-corrected chi connectivity index (χ1v) is 5.31. The molecule has 0 aliphatic heterocycles. The van der Waals surface area contributed by atoms with E-state index in [0.29, 0.717) is 18.3 Å². The molecule has 0 aromatic heterocycles. The van der Waals surface area contributed by atoms with Gasteiger partial charge in [-0.3, -0.25) is 0 Å². The first-order chi connectivity index (χ1) is 5.93. The fourth-order valence-corrected chi connectivity index (χ4v) is 2.49. The molecule has 0 bridgehead atoms. The van der Waals surface area contributed by atoms with Crippen LogP contribution >= 0.6 is 0 Å². The molecule has 0 nitrogen and oxygen atoms in total. The van der Waals surface area contributed by atoms with Crippen molar-refractivity contribution in [1.82, 2.24) is 0 Å². The molecule has 1 aliphatic carbocycles. The number of alkyl halides is 2. The third-order valence-electron chi connectivity index (χ3n) is 3.33. The minimum atomic E-state index is -2.47. The minimum absolute atomic E-state index is 0.374. The summed E-state index contributed by atoms with van der Waals surface area (Å²) in [5, 5.41) is 0. The lowest BCUT2D eigenvalue weighted by Crippen LogP contribution is -2.32. The Kier molecular flexibility index (Phi) is 3.31. The van der Waals surface area contributed by atoms with E-state index in [1.165, 1.54) is 0 Å². The molecule has 3 atom stereocenters. The van der Waals surface area contributed by atoms with Gasteiger partial charge in [0.15, 0.2) is 0 Å². The fourth-order valence-electron chi connectivity index (χ4n) is 2.49. The Labute approximate surface area is 79.7 Å². The summed E-state index contributed by atoms with van der Waals surface area (Å²) in [7, 11) is 0. The summed E-state index contributed by atoms with van der Waals surface area (Å²) in [5.41, 5.74) is 0. The topological polar surface area (TPSA) is 0 Å². The van der Waals surface area contributed by atoms with E-state index >= 15 is 0 Å². The average Bonchev–Trinajstić information content (AvgIpc) is 2.01. The van der Waals surface area contributed by atoms with Gasteiger partial charge in [-0.25, -0.2) is 8.78 Å². The van der Waals surface area contributed by atoms with Crippen molar-refractivity contribution in [2.75, 3.05) is 0 Å². The summed E-state index contributed by atoms with van der Waals surface area (Å²) in [6.07, 6.45) is 3.63. The highest BCUT2D eigenvalue weighted by atomic mass is 19.3. The lowest BCUT2D eigenvalue weighted by Gasteiger charge is -2.35. The van der Waals surface area contributed by atoms with Crippen molar-refractivity contribution in [2.24, 2.45) is 17.8 Å². The van der Waals surface area contributed by atoms with Gasteiger partial charge in [0.1, 0.15) is 0 Å². The van der Waals surface area contributed by atoms with E-state index in [1.54, 1.807) is 0 Å². The second-order valence-electron chi connectivity index (χ2n) is 4.74. The van der Waals surface area contributed by atoms with Crippen molar-refractivity contribution in [1.29, 1.82) is 0 Å². The van der Waals surface area contributed by atoms with Crippen LogP contribution in [0.2, 0.25) is 0 Å². The van der Waals surface area contributed by atoms with Crippen molar-refractivity contribution in [3.8, 4) is 0 Å². The monoisotopic (exact) mass is 190 g/mol. The molecule has 0 spiro atoms. The van der Waals surface area contributed by atoms with Crippen LogP contribution < -0.4 is 0 Å². The predicted octanol–water partition coefficient (Wildman–Crippen LogP) is 4.10. The van der Waals surface area contributed by atoms with E-state index in [-0.39, 0.29) is 5.92 Å². The summed E-state index contributed by atoms with van der Waals surface area (Å²) in [4.78, 5) is 0. The summed E-state index contributed by atoms with van der Waals surface area (Å²) >= 11 is 0. The zero-order chi connectivity index (χ0) is 10.1. The molecule has 0 aromatic carbocycles. The Balaban J connectivity index is 2.57.